The van der Waals surface area contributed by atoms with Crippen molar-refractivity contribution in [2.45, 2.75) is 44.6 Å². The number of carbonyl (C=O) groups is 1. The summed E-state index contributed by atoms with van der Waals surface area (Å²) < 4.78 is 22.2. The highest BCUT2D eigenvalue weighted by molar-refractivity contribution is 5.66. The van der Waals surface area contributed by atoms with Gasteiger partial charge in [-0.2, -0.15) is 0 Å². The van der Waals surface area contributed by atoms with E-state index in [-0.39, 0.29) is 30.4 Å². The number of hydrogen-bond acceptors (Lipinski definition) is 6. The van der Waals surface area contributed by atoms with Gasteiger partial charge in [-0.3, -0.25) is 4.79 Å². The van der Waals surface area contributed by atoms with Crippen molar-refractivity contribution in [1.82, 2.24) is 0 Å². The molecule has 3 rings (SSSR count). The van der Waals surface area contributed by atoms with Crippen molar-refractivity contribution >= 4 is 11.7 Å². The first kappa shape index (κ1) is 13.2. The first-order chi connectivity index (χ1) is 9.54. The highest BCUT2D eigenvalue weighted by atomic mass is 16.8. The van der Waals surface area contributed by atoms with Crippen molar-refractivity contribution < 1.29 is 23.7 Å². The molecule has 0 aromatic heterocycles. The molecule has 6 heteroatoms. The van der Waals surface area contributed by atoms with Gasteiger partial charge in [0.15, 0.2) is 12.2 Å². The highest BCUT2D eigenvalue weighted by Gasteiger charge is 2.59. The molecule has 108 valence electrons. The summed E-state index contributed by atoms with van der Waals surface area (Å²) in [7, 11) is 0. The molecule has 0 spiro atoms. The first-order valence-corrected chi connectivity index (χ1v) is 6.55. The predicted octanol–water partition coefficient (Wildman–Crippen LogP) is 1.09. The molecule has 1 aromatic rings. The van der Waals surface area contributed by atoms with Gasteiger partial charge < -0.3 is 24.7 Å². The number of fused-ring (bicyclic) bond motifs is 1. The Balaban J connectivity index is 1.64. The number of rotatable bonds is 3. The maximum Gasteiger partial charge on any atom is 0.303 e. The Bertz CT molecular complexity index is 501. The van der Waals surface area contributed by atoms with Gasteiger partial charge >= 0.3 is 5.97 Å². The predicted molar refractivity (Wildman–Crippen MR) is 70.0 cm³/mol. The third-order valence-electron chi connectivity index (χ3n) is 3.40. The minimum absolute atomic E-state index is 0.151. The molecule has 2 aliphatic rings. The van der Waals surface area contributed by atoms with Crippen LogP contribution >= 0.6 is 0 Å². The summed E-state index contributed by atoms with van der Waals surface area (Å²) in [6.45, 7) is 3.21. The first-order valence-electron chi connectivity index (χ1n) is 6.55. The van der Waals surface area contributed by atoms with Crippen LogP contribution in [0.5, 0.6) is 5.75 Å². The molecule has 0 saturated carbocycles. The molecule has 5 atom stereocenters. The van der Waals surface area contributed by atoms with Crippen LogP contribution in [0.15, 0.2) is 24.3 Å². The summed E-state index contributed by atoms with van der Waals surface area (Å²) in [4.78, 5) is 11.0. The quantitative estimate of drug-likeness (QED) is 0.506. The second-order valence-corrected chi connectivity index (χ2v) is 5.04. The molecular formula is C14H17NO5. The maximum absolute atomic E-state index is 11.0. The summed E-state index contributed by atoms with van der Waals surface area (Å²) in [6, 6.07) is 7.07. The summed E-state index contributed by atoms with van der Waals surface area (Å²) in [5, 5.41) is 0. The van der Waals surface area contributed by atoms with Crippen LogP contribution in [0.25, 0.3) is 0 Å². The van der Waals surface area contributed by atoms with Gasteiger partial charge in [0.2, 0.25) is 6.29 Å². The van der Waals surface area contributed by atoms with Crippen LogP contribution in [-0.4, -0.2) is 36.7 Å². The molecule has 2 fully saturated rings. The van der Waals surface area contributed by atoms with E-state index < -0.39 is 6.29 Å². The Hall–Kier alpha value is -1.79. The minimum Gasteiger partial charge on any atom is -0.462 e. The van der Waals surface area contributed by atoms with Crippen LogP contribution in [0.3, 0.4) is 0 Å². The van der Waals surface area contributed by atoms with Crippen LogP contribution in [0, 0.1) is 0 Å². The van der Waals surface area contributed by atoms with Crippen molar-refractivity contribution in [3.63, 3.8) is 0 Å². The summed E-state index contributed by atoms with van der Waals surface area (Å²) >= 11 is 0. The number of anilines is 1. The van der Waals surface area contributed by atoms with E-state index in [0.29, 0.717) is 11.4 Å². The second kappa shape index (κ2) is 4.96. The van der Waals surface area contributed by atoms with Gasteiger partial charge in [-0.15, -0.1) is 0 Å². The van der Waals surface area contributed by atoms with Gasteiger partial charge in [-0.25, -0.2) is 0 Å². The molecule has 2 N–H and O–H groups in total. The standard InChI is InChI=1S/C14H17NO5/c1-7-11(18-8(2)16)12-13(20-12)14(17-7)19-10-5-3-9(15)4-6-10/h3-7,11-14H,15H2,1-2H3/t7?,11?,12?,13?,14-/m1/s1. The van der Waals surface area contributed by atoms with E-state index in [1.165, 1.54) is 6.92 Å². The lowest BCUT2D eigenvalue weighted by Gasteiger charge is -2.30. The molecule has 0 bridgehead atoms. The summed E-state index contributed by atoms with van der Waals surface area (Å²) in [5.74, 6) is 0.328. The fraction of sp³-hybridized carbons (Fsp3) is 0.500. The highest BCUT2D eigenvalue weighted by Crippen LogP contribution is 2.39. The van der Waals surface area contributed by atoms with Crippen LogP contribution in [0.1, 0.15) is 13.8 Å². The lowest BCUT2D eigenvalue weighted by molar-refractivity contribution is -0.185. The monoisotopic (exact) mass is 279 g/mol. The Morgan fingerprint density at radius 3 is 2.55 bits per heavy atom. The van der Waals surface area contributed by atoms with Gasteiger partial charge in [0.25, 0.3) is 0 Å². The van der Waals surface area contributed by atoms with Gasteiger partial charge in [0.1, 0.15) is 11.9 Å². The number of epoxide rings is 1. The summed E-state index contributed by atoms with van der Waals surface area (Å²) in [6.07, 6.45) is -1.50. The van der Waals surface area contributed by atoms with Crippen molar-refractivity contribution in [3.05, 3.63) is 24.3 Å². The Kier molecular flexibility index (Phi) is 3.27. The fourth-order valence-electron chi connectivity index (χ4n) is 2.38. The average Bonchev–Trinajstić information content (AvgIpc) is 3.17. The molecular weight excluding hydrogens is 262 g/mol. The lowest BCUT2D eigenvalue weighted by atomic mass is 10.1. The number of esters is 1. The van der Waals surface area contributed by atoms with Gasteiger partial charge in [0, 0.05) is 12.6 Å². The Morgan fingerprint density at radius 1 is 1.20 bits per heavy atom. The molecule has 20 heavy (non-hydrogen) atoms. The largest absolute Gasteiger partial charge is 0.462 e. The van der Waals surface area contributed by atoms with E-state index in [2.05, 4.69) is 0 Å². The van der Waals surface area contributed by atoms with Gasteiger partial charge in [-0.05, 0) is 31.2 Å². The minimum atomic E-state index is -0.495. The molecule has 2 aliphatic heterocycles. The van der Waals surface area contributed by atoms with Gasteiger partial charge in [-0.1, -0.05) is 0 Å². The number of nitrogens with two attached hydrogens (primary N) is 1. The van der Waals surface area contributed by atoms with Crippen molar-refractivity contribution in [1.29, 1.82) is 0 Å². The van der Waals surface area contributed by atoms with Crippen molar-refractivity contribution in [2.75, 3.05) is 5.73 Å². The average molecular weight is 279 g/mol. The lowest BCUT2D eigenvalue weighted by Crippen LogP contribution is -2.47. The molecule has 1 aromatic carbocycles. The normalized spacial score (nSPS) is 35.0. The number of carbonyl (C=O) groups excluding carboxylic acids is 1. The molecule has 2 heterocycles. The SMILES string of the molecule is CC(=O)OC1C(C)O[C@H](Oc2ccc(N)cc2)C2OC12. The second-order valence-electron chi connectivity index (χ2n) is 5.04. The van der Waals surface area contributed by atoms with Crippen LogP contribution in [-0.2, 0) is 19.0 Å². The van der Waals surface area contributed by atoms with Crippen molar-refractivity contribution in [3.8, 4) is 5.75 Å². The van der Waals surface area contributed by atoms with E-state index in [1.54, 1.807) is 24.3 Å². The molecule has 6 nitrogen and oxygen atoms in total. The topological polar surface area (TPSA) is 83.3 Å². The van der Waals surface area contributed by atoms with Crippen LogP contribution in [0.4, 0.5) is 5.69 Å². The van der Waals surface area contributed by atoms with Gasteiger partial charge in [0.05, 0.1) is 6.10 Å². The molecule has 2 saturated heterocycles. The number of benzene rings is 1. The number of hydrogen-bond donors (Lipinski definition) is 1. The zero-order valence-corrected chi connectivity index (χ0v) is 11.3. The zero-order valence-electron chi connectivity index (χ0n) is 11.3. The number of nitrogen functional groups attached to an aromatic ring is 1. The molecule has 0 aliphatic carbocycles. The fourth-order valence-corrected chi connectivity index (χ4v) is 2.38. The smallest absolute Gasteiger partial charge is 0.303 e. The van der Waals surface area contributed by atoms with E-state index in [9.17, 15) is 4.79 Å². The Morgan fingerprint density at radius 2 is 1.90 bits per heavy atom. The Labute approximate surface area is 116 Å². The van der Waals surface area contributed by atoms with Crippen LogP contribution in [0.2, 0.25) is 0 Å². The van der Waals surface area contributed by atoms with E-state index in [0.717, 1.165) is 0 Å². The number of ether oxygens (including phenoxy) is 4. The molecule has 0 amide bonds. The zero-order chi connectivity index (χ0) is 14.3. The third kappa shape index (κ3) is 2.57. The van der Waals surface area contributed by atoms with Crippen LogP contribution < -0.4 is 10.5 Å². The van der Waals surface area contributed by atoms with E-state index in [1.807, 2.05) is 6.92 Å². The molecule has 4 unspecified atom stereocenters. The third-order valence-corrected chi connectivity index (χ3v) is 3.40. The maximum atomic E-state index is 11.0. The van der Waals surface area contributed by atoms with E-state index in [4.69, 9.17) is 24.7 Å². The van der Waals surface area contributed by atoms with E-state index >= 15 is 0 Å². The van der Waals surface area contributed by atoms with Crippen molar-refractivity contribution in [2.24, 2.45) is 0 Å². The molecule has 0 radical (unpaired) electrons. The summed E-state index contributed by atoms with van der Waals surface area (Å²) in [5.41, 5.74) is 6.29.